The van der Waals surface area contributed by atoms with Crippen molar-refractivity contribution in [1.82, 2.24) is 14.7 Å². The molecular weight excluding hydrogens is 332 g/mol. The summed E-state index contributed by atoms with van der Waals surface area (Å²) < 4.78 is 7.24. The number of hydrogen-bond donors (Lipinski definition) is 1. The highest BCUT2D eigenvalue weighted by Gasteiger charge is 2.35. The van der Waals surface area contributed by atoms with E-state index in [4.69, 9.17) is 22.1 Å². The molecule has 2 aliphatic rings. The van der Waals surface area contributed by atoms with Gasteiger partial charge in [-0.05, 0) is 31.6 Å². The fourth-order valence-corrected chi connectivity index (χ4v) is 3.77. The highest BCUT2D eigenvalue weighted by molar-refractivity contribution is 6.30. The van der Waals surface area contributed by atoms with Gasteiger partial charge < -0.3 is 15.4 Å². The van der Waals surface area contributed by atoms with E-state index in [9.17, 15) is 9.59 Å². The van der Waals surface area contributed by atoms with Gasteiger partial charge >= 0.3 is 0 Å². The molecule has 24 heavy (non-hydrogen) atoms. The Morgan fingerprint density at radius 1 is 1.33 bits per heavy atom. The summed E-state index contributed by atoms with van der Waals surface area (Å²) in [6, 6.07) is 0. The molecule has 0 unspecified atom stereocenters. The van der Waals surface area contributed by atoms with Crippen molar-refractivity contribution >= 4 is 23.4 Å². The van der Waals surface area contributed by atoms with Crippen molar-refractivity contribution < 1.29 is 14.3 Å². The van der Waals surface area contributed by atoms with E-state index in [0.29, 0.717) is 17.5 Å². The Kier molecular flexibility index (Phi) is 5.40. The second kappa shape index (κ2) is 7.53. The quantitative estimate of drug-likeness (QED) is 0.855. The van der Waals surface area contributed by atoms with Crippen molar-refractivity contribution in [2.45, 2.75) is 38.3 Å². The van der Waals surface area contributed by atoms with Gasteiger partial charge in [0.15, 0.2) is 0 Å². The number of primary amides is 1. The number of nitrogens with zero attached hydrogens (tertiary/aromatic N) is 3. The molecule has 3 heterocycles. The van der Waals surface area contributed by atoms with Crippen LogP contribution in [0.1, 0.15) is 25.7 Å². The van der Waals surface area contributed by atoms with Gasteiger partial charge in [-0.25, -0.2) is 0 Å². The van der Waals surface area contributed by atoms with Crippen LogP contribution in [0, 0.1) is 11.8 Å². The normalized spacial score (nSPS) is 25.1. The van der Waals surface area contributed by atoms with Crippen LogP contribution >= 0.6 is 11.6 Å². The summed E-state index contributed by atoms with van der Waals surface area (Å²) in [5.41, 5.74) is 5.44. The van der Waals surface area contributed by atoms with E-state index in [1.807, 2.05) is 4.90 Å². The van der Waals surface area contributed by atoms with Gasteiger partial charge in [-0.3, -0.25) is 14.3 Å². The van der Waals surface area contributed by atoms with Gasteiger partial charge in [-0.2, -0.15) is 5.10 Å². The monoisotopic (exact) mass is 354 g/mol. The van der Waals surface area contributed by atoms with Crippen LogP contribution in [0.15, 0.2) is 12.4 Å². The molecule has 0 spiro atoms. The minimum atomic E-state index is -0.261. The smallest absolute Gasteiger partial charge is 0.244 e. The number of hydrogen-bond acceptors (Lipinski definition) is 4. The van der Waals surface area contributed by atoms with Crippen LogP contribution in [0.4, 0.5) is 0 Å². The summed E-state index contributed by atoms with van der Waals surface area (Å²) in [6.07, 6.45) is 6.55. The largest absolute Gasteiger partial charge is 0.377 e. The van der Waals surface area contributed by atoms with E-state index in [1.54, 1.807) is 10.9 Å². The summed E-state index contributed by atoms with van der Waals surface area (Å²) >= 11 is 5.81. The first-order valence-corrected chi connectivity index (χ1v) is 8.77. The maximum absolute atomic E-state index is 12.3. The lowest BCUT2D eigenvalue weighted by atomic mass is 9.86. The number of ether oxygens (including phenoxy) is 1. The Labute approximate surface area is 146 Å². The van der Waals surface area contributed by atoms with E-state index in [-0.39, 0.29) is 30.4 Å². The number of likely N-dealkylation sites (tertiary alicyclic amines) is 1. The molecule has 0 bridgehead atoms. The Morgan fingerprint density at radius 2 is 2.08 bits per heavy atom. The molecule has 2 amide bonds. The zero-order chi connectivity index (χ0) is 17.1. The van der Waals surface area contributed by atoms with Crippen LogP contribution in [0.2, 0.25) is 5.02 Å². The minimum absolute atomic E-state index is 0.0547. The fraction of sp³-hybridized carbons (Fsp3) is 0.688. The van der Waals surface area contributed by atoms with Crippen LogP contribution < -0.4 is 5.73 Å². The third-order valence-corrected chi connectivity index (χ3v) is 5.20. The zero-order valence-corrected chi connectivity index (χ0v) is 14.3. The third-order valence-electron chi connectivity index (χ3n) is 5.01. The number of amides is 2. The molecule has 8 heteroatoms. The first-order valence-electron chi connectivity index (χ1n) is 8.39. The van der Waals surface area contributed by atoms with Crippen LogP contribution in [0.5, 0.6) is 0 Å². The van der Waals surface area contributed by atoms with Gasteiger partial charge in [-0.15, -0.1) is 0 Å². The average molecular weight is 355 g/mol. The van der Waals surface area contributed by atoms with E-state index >= 15 is 0 Å². The van der Waals surface area contributed by atoms with Crippen molar-refractivity contribution in [3.8, 4) is 0 Å². The molecule has 1 aromatic rings. The van der Waals surface area contributed by atoms with Crippen LogP contribution in [-0.2, 0) is 20.9 Å². The summed E-state index contributed by atoms with van der Waals surface area (Å²) in [5, 5.41) is 4.57. The first-order chi connectivity index (χ1) is 11.5. The highest BCUT2D eigenvalue weighted by atomic mass is 35.5. The molecule has 2 atom stereocenters. The minimum Gasteiger partial charge on any atom is -0.377 e. The van der Waals surface area contributed by atoms with Crippen LogP contribution in [0.3, 0.4) is 0 Å². The lowest BCUT2D eigenvalue weighted by molar-refractivity contribution is -0.133. The molecule has 0 radical (unpaired) electrons. The highest BCUT2D eigenvalue weighted by Crippen LogP contribution is 2.30. The number of nitrogens with two attached hydrogens (primary N) is 1. The Bertz CT molecular complexity index is 598. The molecule has 132 valence electrons. The predicted octanol–water partition coefficient (Wildman–Crippen LogP) is 1.06. The number of aromatic nitrogens is 2. The van der Waals surface area contributed by atoms with Crippen molar-refractivity contribution in [1.29, 1.82) is 0 Å². The number of halogens is 1. The Hall–Kier alpha value is -1.60. The maximum atomic E-state index is 12.3. The molecule has 2 fully saturated rings. The van der Waals surface area contributed by atoms with Crippen molar-refractivity contribution in [3.63, 3.8) is 0 Å². The molecule has 7 nitrogen and oxygen atoms in total. The number of piperidine rings is 1. The van der Waals surface area contributed by atoms with E-state index in [1.165, 1.54) is 6.20 Å². The van der Waals surface area contributed by atoms with Crippen molar-refractivity contribution in [3.05, 3.63) is 17.4 Å². The Balaban J connectivity index is 1.45. The molecular formula is C16H23ClN4O3. The van der Waals surface area contributed by atoms with Crippen LogP contribution in [-0.4, -0.2) is 52.3 Å². The molecule has 3 rings (SSSR count). The molecule has 0 saturated carbocycles. The standard InChI is InChI=1S/C16H23ClN4O3/c17-12-8-19-21(9-12)10-15(22)20-4-1-11(2-5-20)7-14-13(16(18)23)3-6-24-14/h8-9,11,13-14H,1-7,10H2,(H2,18,23)/t13-,14-/m1/s1. The second-order valence-electron chi connectivity index (χ2n) is 6.62. The topological polar surface area (TPSA) is 90.5 Å². The molecule has 2 aliphatic heterocycles. The van der Waals surface area contributed by atoms with Gasteiger partial charge in [0.25, 0.3) is 0 Å². The van der Waals surface area contributed by atoms with Gasteiger partial charge in [0.2, 0.25) is 11.8 Å². The average Bonchev–Trinajstić information content (AvgIpc) is 3.17. The predicted molar refractivity (Wildman–Crippen MR) is 88.2 cm³/mol. The molecule has 2 saturated heterocycles. The summed E-state index contributed by atoms with van der Waals surface area (Å²) in [5.74, 6) is 0.107. The number of carbonyl (C=O) groups excluding carboxylic acids is 2. The SMILES string of the molecule is NC(=O)[C@@H]1CCO[C@@H]1CC1CCN(C(=O)Cn2cc(Cl)cn2)CC1. The number of rotatable bonds is 5. The third kappa shape index (κ3) is 4.08. The summed E-state index contributed by atoms with van der Waals surface area (Å²) in [4.78, 5) is 25.6. The lowest BCUT2D eigenvalue weighted by Gasteiger charge is -2.33. The Morgan fingerprint density at radius 3 is 2.71 bits per heavy atom. The molecule has 2 N–H and O–H groups in total. The first kappa shape index (κ1) is 17.2. The van der Waals surface area contributed by atoms with E-state index < -0.39 is 0 Å². The molecule has 0 aliphatic carbocycles. The lowest BCUT2D eigenvalue weighted by Crippen LogP contribution is -2.41. The maximum Gasteiger partial charge on any atom is 0.244 e. The van der Waals surface area contributed by atoms with E-state index in [0.717, 1.165) is 38.8 Å². The van der Waals surface area contributed by atoms with Crippen molar-refractivity contribution in [2.24, 2.45) is 17.6 Å². The van der Waals surface area contributed by atoms with Gasteiger partial charge in [0.05, 0.1) is 23.2 Å². The van der Waals surface area contributed by atoms with Crippen LogP contribution in [0.25, 0.3) is 0 Å². The zero-order valence-electron chi connectivity index (χ0n) is 13.6. The van der Waals surface area contributed by atoms with Crippen molar-refractivity contribution in [2.75, 3.05) is 19.7 Å². The summed E-state index contributed by atoms with van der Waals surface area (Å²) in [7, 11) is 0. The number of carbonyl (C=O) groups is 2. The van der Waals surface area contributed by atoms with Gasteiger partial charge in [0.1, 0.15) is 6.54 Å². The second-order valence-corrected chi connectivity index (χ2v) is 7.06. The van der Waals surface area contributed by atoms with Gasteiger partial charge in [0, 0.05) is 25.9 Å². The van der Waals surface area contributed by atoms with E-state index in [2.05, 4.69) is 5.10 Å². The molecule has 1 aromatic heterocycles. The fourth-order valence-electron chi connectivity index (χ4n) is 3.62. The van der Waals surface area contributed by atoms with Gasteiger partial charge in [-0.1, -0.05) is 11.6 Å². The molecule has 0 aromatic carbocycles. The summed E-state index contributed by atoms with van der Waals surface area (Å²) in [6.45, 7) is 2.29.